The number of nitrogens with zero attached hydrogens (tertiary/aromatic N) is 4. The third-order valence-electron chi connectivity index (χ3n) is 11.9. The molecule has 11 rings (SSSR count). The first kappa shape index (κ1) is 31.5. The van der Waals surface area contributed by atoms with Gasteiger partial charge in [0.2, 0.25) is 0 Å². The quantitative estimate of drug-likeness (QED) is 0.101. The van der Waals surface area contributed by atoms with Gasteiger partial charge in [-0.05, 0) is 86.1 Å². The average Bonchev–Trinajstić information content (AvgIpc) is 3.96. The molecule has 65 heavy (non-hydrogen) atoms. The van der Waals surface area contributed by atoms with Gasteiger partial charge >= 0.3 is 0 Å². The van der Waals surface area contributed by atoms with Crippen molar-refractivity contribution in [2.45, 2.75) is 26.7 Å². The normalized spacial score (nSPS) is 14.0. The van der Waals surface area contributed by atoms with Crippen molar-refractivity contribution in [3.63, 3.8) is 0 Å². The number of benzene rings is 8. The molecule has 0 fully saturated rings. The molecule has 11 aromatic rings. The zero-order valence-corrected chi connectivity index (χ0v) is 37.7. The number of ether oxygens (including phenoxy) is 1. The Hall–Kier alpha value is -7.33. The van der Waals surface area contributed by atoms with Crippen LogP contribution in [0.15, 0.2) is 200 Å². The molecule has 8 aromatic carbocycles. The van der Waals surface area contributed by atoms with Crippen LogP contribution in [0.2, 0.25) is 0 Å². The van der Waals surface area contributed by atoms with E-state index in [1.807, 2.05) is 91.1 Å². The number of aromatic nitrogens is 4. The van der Waals surface area contributed by atoms with E-state index in [9.17, 15) is 0 Å². The van der Waals surface area contributed by atoms with Crippen LogP contribution < -0.4 is 9.30 Å². The van der Waals surface area contributed by atoms with E-state index in [2.05, 4.69) is 68.1 Å². The van der Waals surface area contributed by atoms with Crippen molar-refractivity contribution in [1.29, 1.82) is 0 Å². The Morgan fingerprint density at radius 2 is 1.29 bits per heavy atom. The molecule has 318 valence electrons. The van der Waals surface area contributed by atoms with E-state index < -0.39 is 60.4 Å². The fourth-order valence-corrected chi connectivity index (χ4v) is 8.36. The Morgan fingerprint density at radius 1 is 0.600 bits per heavy atom. The second-order valence-corrected chi connectivity index (χ2v) is 16.0. The molecule has 0 saturated carbocycles. The summed E-state index contributed by atoms with van der Waals surface area (Å²) in [6, 6.07) is 43.7. The summed E-state index contributed by atoms with van der Waals surface area (Å²) in [5, 5.41) is 2.03. The van der Waals surface area contributed by atoms with Crippen LogP contribution in [-0.2, 0) is 21.1 Å². The maximum atomic E-state index is 9.11. The van der Waals surface area contributed by atoms with E-state index in [4.69, 9.17) is 23.4 Å². The summed E-state index contributed by atoms with van der Waals surface area (Å²) in [6.45, 7) is 6.64. The van der Waals surface area contributed by atoms with Gasteiger partial charge in [0, 0.05) is 44.3 Å². The van der Waals surface area contributed by atoms with Crippen LogP contribution in [0.1, 0.15) is 46.0 Å². The minimum absolute atomic E-state index is 0. The predicted molar refractivity (Wildman–Crippen MR) is 260 cm³/mol. The molecular weight excluding hydrogens is 976 g/mol. The van der Waals surface area contributed by atoms with Crippen LogP contribution >= 0.6 is 0 Å². The van der Waals surface area contributed by atoms with E-state index >= 15 is 0 Å². The molecule has 3 heterocycles. The number of rotatable bonds is 10. The van der Waals surface area contributed by atoms with Crippen molar-refractivity contribution in [1.82, 2.24) is 14.1 Å². The van der Waals surface area contributed by atoms with Crippen molar-refractivity contribution in [3.05, 3.63) is 224 Å². The first-order valence-electron chi connectivity index (χ1n) is 26.1. The monoisotopic (exact) mass is 1030 g/mol. The smallest absolute Gasteiger partial charge is 0.268 e. The van der Waals surface area contributed by atoms with Crippen molar-refractivity contribution in [2.75, 3.05) is 0 Å². The third kappa shape index (κ3) is 7.77. The molecule has 0 radical (unpaired) electrons. The van der Waals surface area contributed by atoms with Gasteiger partial charge in [-0.15, -0.1) is 29.7 Å². The van der Waals surface area contributed by atoms with Gasteiger partial charge in [0.1, 0.15) is 5.82 Å². The molecule has 5 nitrogen and oxygen atoms in total. The first-order valence-corrected chi connectivity index (χ1v) is 21.1. The number of imidazole rings is 1. The van der Waals surface area contributed by atoms with Crippen molar-refractivity contribution < 1.29 is 44.1 Å². The number of hydrogen-bond donors (Lipinski definition) is 0. The molecule has 0 N–H and O–H groups in total. The van der Waals surface area contributed by atoms with Crippen LogP contribution in [0.5, 0.6) is 11.5 Å². The van der Waals surface area contributed by atoms with E-state index in [-0.39, 0.29) is 49.0 Å². The van der Waals surface area contributed by atoms with E-state index in [0.29, 0.717) is 40.1 Å². The van der Waals surface area contributed by atoms with Crippen LogP contribution in [0, 0.1) is 24.4 Å². The third-order valence-corrected chi connectivity index (χ3v) is 11.9. The van der Waals surface area contributed by atoms with E-state index in [1.165, 1.54) is 5.56 Å². The molecular formula is C59H44N4OPt-2. The zero-order valence-electron chi connectivity index (χ0n) is 45.4. The van der Waals surface area contributed by atoms with Gasteiger partial charge in [0.25, 0.3) is 6.33 Å². The molecule has 1 unspecified atom stereocenters. The standard InChI is InChI=1S/C59H44N4O.Pt/c1-40(2)41(3)45-33-34-60-58(36-45)63-54-28-14-13-25-52(54)53-31-30-49(38-56(53)63)64-48-24-15-23-47(37-48)61-39-62(55-32-29-46(35-57(55)61)42-17-7-4-8-18-42)59-50(43-19-9-5-10-20-43)26-16-27-51(59)44-21-11-6-12-22-44;/h4-36,40-41H,1-3H3;/q-2;/i5D,6D,9D,10D,11D,12D,19D,20D,21D,22D;. The van der Waals surface area contributed by atoms with Crippen LogP contribution in [0.3, 0.4) is 0 Å². The summed E-state index contributed by atoms with van der Waals surface area (Å²) in [6.07, 6.45) is 5.33. The van der Waals surface area contributed by atoms with Gasteiger partial charge in [-0.3, -0.25) is 4.57 Å². The maximum absolute atomic E-state index is 9.11. The molecule has 0 aliphatic carbocycles. The number of fused-ring (bicyclic) bond motifs is 4. The van der Waals surface area contributed by atoms with Crippen molar-refractivity contribution >= 4 is 32.8 Å². The Bertz CT molecular complexity index is 3940. The van der Waals surface area contributed by atoms with Gasteiger partial charge in [-0.2, -0.15) is 18.2 Å². The Morgan fingerprint density at radius 3 is 2.03 bits per heavy atom. The second-order valence-electron chi connectivity index (χ2n) is 16.0. The molecule has 0 saturated heterocycles. The Balaban J connectivity index is 0.00000641. The van der Waals surface area contributed by atoms with Crippen LogP contribution in [0.4, 0.5) is 0 Å². The summed E-state index contributed by atoms with van der Waals surface area (Å²) in [7, 11) is 0. The fraction of sp³-hybridized carbons (Fsp3) is 0.0847. The van der Waals surface area contributed by atoms with Gasteiger partial charge in [-0.1, -0.05) is 166 Å². The first-order chi connectivity index (χ1) is 35.6. The molecule has 0 spiro atoms. The SMILES string of the molecule is [2H]c1c([2H])c([2H])c(-c2cccc(-c3c([2H])c([2H])c([2H])c([2H])c3[2H])c2-[n+]2[c-]n(-c3[c-]c(Oc4[c-]c5c(cc4)c4ccccc4n5-c4cc(C(C)C(C)C)ccn4)ccc3)c3cc(-c4ccccc4)ccc32)c([2H])c1[2H].[Pt]. The second kappa shape index (κ2) is 17.7. The Labute approximate surface area is 408 Å². The van der Waals surface area contributed by atoms with Crippen LogP contribution in [0.25, 0.3) is 83.4 Å². The summed E-state index contributed by atoms with van der Waals surface area (Å²) >= 11 is 0. The Kier molecular flexibility index (Phi) is 8.57. The van der Waals surface area contributed by atoms with E-state index in [1.54, 1.807) is 33.4 Å². The van der Waals surface area contributed by atoms with Crippen LogP contribution in [-0.4, -0.2) is 14.1 Å². The number of hydrogen-bond acceptors (Lipinski definition) is 2. The number of para-hydroxylation sites is 2. The summed E-state index contributed by atoms with van der Waals surface area (Å²) in [5.74, 6) is 2.30. The minimum Gasteiger partial charge on any atom is -0.510 e. The average molecular weight is 1030 g/mol. The molecule has 3 aromatic heterocycles. The van der Waals surface area contributed by atoms with Crippen molar-refractivity contribution in [3.8, 4) is 62.1 Å². The predicted octanol–water partition coefficient (Wildman–Crippen LogP) is 14.4. The summed E-state index contributed by atoms with van der Waals surface area (Å²) in [4.78, 5) is 4.84. The number of pyridine rings is 1. The van der Waals surface area contributed by atoms with Gasteiger partial charge in [0.15, 0.2) is 0 Å². The van der Waals surface area contributed by atoms with Gasteiger partial charge < -0.3 is 13.9 Å². The maximum Gasteiger partial charge on any atom is 0.268 e. The van der Waals surface area contributed by atoms with Gasteiger partial charge in [0.05, 0.1) is 30.4 Å². The molecule has 0 aliphatic rings. The molecule has 1 atom stereocenters. The molecule has 0 bridgehead atoms. The van der Waals surface area contributed by atoms with E-state index in [0.717, 1.165) is 38.8 Å². The van der Waals surface area contributed by atoms with Crippen molar-refractivity contribution in [2.24, 2.45) is 5.92 Å². The largest absolute Gasteiger partial charge is 0.510 e. The summed E-state index contributed by atoms with van der Waals surface area (Å²) in [5.41, 5.74) is 6.47. The van der Waals surface area contributed by atoms with Gasteiger partial charge in [-0.25, -0.2) is 4.98 Å². The minimum atomic E-state index is -0.576. The topological polar surface area (TPSA) is 35.9 Å². The fourth-order valence-electron chi connectivity index (χ4n) is 8.36. The molecule has 6 heteroatoms. The molecule has 0 amide bonds. The summed E-state index contributed by atoms with van der Waals surface area (Å²) < 4.78 is 100.0. The zero-order chi connectivity index (χ0) is 51.9. The molecule has 0 aliphatic heterocycles.